The monoisotopic (exact) mass is 373 g/mol. The molecule has 0 radical (unpaired) electrons. The van der Waals surface area contributed by atoms with E-state index in [1.54, 1.807) is 5.56 Å². The van der Waals surface area contributed by atoms with Gasteiger partial charge in [-0.1, -0.05) is 25.1 Å². The van der Waals surface area contributed by atoms with Crippen molar-refractivity contribution in [1.82, 2.24) is 14.5 Å². The van der Waals surface area contributed by atoms with Gasteiger partial charge in [-0.05, 0) is 63.8 Å². The maximum absolute atomic E-state index is 6.17. The second-order valence-corrected chi connectivity index (χ2v) is 8.79. The molecule has 3 aliphatic rings. The van der Waals surface area contributed by atoms with E-state index >= 15 is 0 Å². The summed E-state index contributed by atoms with van der Waals surface area (Å²) in [6.07, 6.45) is 7.32. The Bertz CT molecular complexity index is 1110. The molecule has 1 aromatic carbocycles. The maximum Gasteiger partial charge on any atom is 0.243 e. The average molecular weight is 374 g/mol. The molecule has 0 N–H and O–H groups in total. The summed E-state index contributed by atoms with van der Waals surface area (Å²) in [6, 6.07) is 9.36. The first-order valence-corrected chi connectivity index (χ1v) is 10.7. The topological polar surface area (TPSA) is 34.2 Å². The molecule has 1 fully saturated rings. The largest absolute Gasteiger partial charge is 0.440 e. The van der Waals surface area contributed by atoms with Gasteiger partial charge in [-0.25, -0.2) is 4.98 Å². The van der Waals surface area contributed by atoms with E-state index in [9.17, 15) is 0 Å². The lowest BCUT2D eigenvalue weighted by atomic mass is 9.66. The van der Waals surface area contributed by atoms with Gasteiger partial charge in [-0.3, -0.25) is 4.90 Å². The van der Waals surface area contributed by atoms with Crippen molar-refractivity contribution >= 4 is 16.6 Å². The van der Waals surface area contributed by atoms with Gasteiger partial charge >= 0.3 is 0 Å². The predicted octanol–water partition coefficient (Wildman–Crippen LogP) is 5.24. The van der Waals surface area contributed by atoms with Gasteiger partial charge in [0.25, 0.3) is 0 Å². The van der Waals surface area contributed by atoms with Gasteiger partial charge in [-0.15, -0.1) is 0 Å². The molecule has 0 unspecified atom stereocenters. The number of aryl methyl sites for hydroxylation is 2. The van der Waals surface area contributed by atoms with Crippen molar-refractivity contribution in [1.29, 1.82) is 0 Å². The summed E-state index contributed by atoms with van der Waals surface area (Å²) in [5.41, 5.74) is 6.64. The number of aromatic nitrogens is 2. The van der Waals surface area contributed by atoms with Gasteiger partial charge in [0.15, 0.2) is 0 Å². The second-order valence-electron chi connectivity index (χ2n) is 8.79. The molecule has 0 amide bonds. The number of hydrogen-bond donors (Lipinski definition) is 0. The lowest BCUT2D eigenvalue weighted by molar-refractivity contribution is 0.0269. The van der Waals surface area contributed by atoms with Gasteiger partial charge in [0, 0.05) is 23.0 Å². The lowest BCUT2D eigenvalue weighted by Crippen LogP contribution is -2.50. The quantitative estimate of drug-likeness (QED) is 0.616. The minimum absolute atomic E-state index is 0.170. The number of piperidine rings is 1. The number of benzene rings is 1. The fourth-order valence-corrected chi connectivity index (χ4v) is 6.02. The van der Waals surface area contributed by atoms with Gasteiger partial charge in [-0.2, -0.15) is 0 Å². The summed E-state index contributed by atoms with van der Waals surface area (Å²) in [5, 5.41) is 1.40. The van der Waals surface area contributed by atoms with Crippen molar-refractivity contribution in [3.05, 3.63) is 58.9 Å². The van der Waals surface area contributed by atoms with Crippen LogP contribution in [0.2, 0.25) is 0 Å². The standard InChI is InChI=1S/C24H27N3O/c1-4-24-11-7-12-26-13-10-18-17-8-5-6-9-19(17)27(21(18)22(24)26)20(14-24)23-25-15(2)16(3)28-23/h5-6,8-9,14,22H,4,7,10-13H2,1-3H3/t22-,24+/m1/s1. The first kappa shape index (κ1) is 16.6. The molecule has 1 saturated heterocycles. The molecule has 28 heavy (non-hydrogen) atoms. The first-order valence-electron chi connectivity index (χ1n) is 10.7. The fourth-order valence-electron chi connectivity index (χ4n) is 6.02. The molecule has 0 saturated carbocycles. The van der Waals surface area contributed by atoms with Crippen LogP contribution in [0.15, 0.2) is 34.8 Å². The highest BCUT2D eigenvalue weighted by molar-refractivity contribution is 5.91. The maximum atomic E-state index is 6.17. The number of fused-ring (bicyclic) bond motifs is 3. The van der Waals surface area contributed by atoms with E-state index in [2.05, 4.69) is 46.7 Å². The summed E-state index contributed by atoms with van der Waals surface area (Å²) in [4.78, 5) is 7.56. The second kappa shape index (κ2) is 5.60. The Balaban J connectivity index is 1.73. The van der Waals surface area contributed by atoms with Crippen LogP contribution in [0.5, 0.6) is 0 Å². The molecule has 4 heteroatoms. The summed E-state index contributed by atoms with van der Waals surface area (Å²) in [6.45, 7) is 8.80. The highest BCUT2D eigenvalue weighted by Gasteiger charge is 2.50. The molecular formula is C24H27N3O. The van der Waals surface area contributed by atoms with E-state index in [4.69, 9.17) is 9.40 Å². The number of oxazole rings is 1. The van der Waals surface area contributed by atoms with Gasteiger partial charge in [0.05, 0.1) is 17.3 Å². The van der Waals surface area contributed by atoms with E-state index in [1.807, 2.05) is 13.8 Å². The molecule has 2 atom stereocenters. The SMILES string of the molecule is CC[C@@]12C=C(c3nc(C)c(C)o3)n3c4c(c5ccccc53)CCN(CCC1)[C@H]42. The molecule has 0 aliphatic carbocycles. The van der Waals surface area contributed by atoms with E-state index in [1.165, 1.54) is 42.5 Å². The van der Waals surface area contributed by atoms with Crippen LogP contribution >= 0.6 is 0 Å². The Morgan fingerprint density at radius 1 is 1.21 bits per heavy atom. The lowest BCUT2D eigenvalue weighted by Gasteiger charge is -2.53. The Hall–Kier alpha value is -2.33. The number of rotatable bonds is 2. The van der Waals surface area contributed by atoms with Crippen molar-refractivity contribution in [2.24, 2.45) is 5.41 Å². The van der Waals surface area contributed by atoms with Crippen molar-refractivity contribution in [3.63, 3.8) is 0 Å². The molecule has 4 nitrogen and oxygen atoms in total. The predicted molar refractivity (Wildman–Crippen MR) is 111 cm³/mol. The van der Waals surface area contributed by atoms with E-state index in [0.29, 0.717) is 6.04 Å². The van der Waals surface area contributed by atoms with Crippen molar-refractivity contribution in [2.45, 2.75) is 52.5 Å². The highest BCUT2D eigenvalue weighted by Crippen LogP contribution is 2.57. The van der Waals surface area contributed by atoms with Crippen LogP contribution < -0.4 is 0 Å². The van der Waals surface area contributed by atoms with Crippen molar-refractivity contribution < 1.29 is 4.42 Å². The number of nitrogens with zero attached hydrogens (tertiary/aromatic N) is 3. The smallest absolute Gasteiger partial charge is 0.243 e. The third-order valence-electron chi connectivity index (χ3n) is 7.50. The third kappa shape index (κ3) is 1.97. The zero-order valence-corrected chi connectivity index (χ0v) is 17.0. The molecule has 2 aromatic heterocycles. The molecule has 0 bridgehead atoms. The Kier molecular flexibility index (Phi) is 3.32. The fraction of sp³-hybridized carbons (Fsp3) is 0.458. The van der Waals surface area contributed by atoms with Crippen LogP contribution in [-0.4, -0.2) is 27.5 Å². The molecular weight excluding hydrogens is 346 g/mol. The van der Waals surface area contributed by atoms with Crippen LogP contribution in [0, 0.1) is 19.3 Å². The normalized spacial score (nSPS) is 26.4. The molecule has 6 rings (SSSR count). The van der Waals surface area contributed by atoms with E-state index in [0.717, 1.165) is 35.9 Å². The molecule has 5 heterocycles. The third-order valence-corrected chi connectivity index (χ3v) is 7.50. The minimum atomic E-state index is 0.170. The van der Waals surface area contributed by atoms with Crippen LogP contribution in [0.1, 0.15) is 60.8 Å². The summed E-state index contributed by atoms with van der Waals surface area (Å²) in [7, 11) is 0. The zero-order chi connectivity index (χ0) is 19.0. The van der Waals surface area contributed by atoms with Crippen LogP contribution in [0.25, 0.3) is 16.6 Å². The zero-order valence-electron chi connectivity index (χ0n) is 17.0. The van der Waals surface area contributed by atoms with Gasteiger partial charge in [0.2, 0.25) is 5.89 Å². The Labute approximate surface area is 165 Å². The van der Waals surface area contributed by atoms with E-state index in [-0.39, 0.29) is 5.41 Å². The summed E-state index contributed by atoms with van der Waals surface area (Å²) >= 11 is 0. The van der Waals surface area contributed by atoms with Gasteiger partial charge < -0.3 is 8.98 Å². The summed E-state index contributed by atoms with van der Waals surface area (Å²) < 4.78 is 8.65. The molecule has 3 aliphatic heterocycles. The molecule has 144 valence electrons. The van der Waals surface area contributed by atoms with Crippen LogP contribution in [-0.2, 0) is 6.42 Å². The van der Waals surface area contributed by atoms with Crippen LogP contribution in [0.3, 0.4) is 0 Å². The van der Waals surface area contributed by atoms with Gasteiger partial charge in [0.1, 0.15) is 11.5 Å². The minimum Gasteiger partial charge on any atom is -0.440 e. The highest BCUT2D eigenvalue weighted by atomic mass is 16.4. The molecule has 3 aromatic rings. The summed E-state index contributed by atoms with van der Waals surface area (Å²) in [5.74, 6) is 1.69. The Morgan fingerprint density at radius 3 is 2.86 bits per heavy atom. The first-order chi connectivity index (χ1) is 13.6. The number of hydrogen-bond acceptors (Lipinski definition) is 3. The van der Waals surface area contributed by atoms with Crippen molar-refractivity contribution in [3.8, 4) is 0 Å². The van der Waals surface area contributed by atoms with Crippen LogP contribution in [0.4, 0.5) is 0 Å². The number of para-hydroxylation sites is 1. The van der Waals surface area contributed by atoms with Crippen molar-refractivity contribution in [2.75, 3.05) is 13.1 Å². The molecule has 0 spiro atoms. The Morgan fingerprint density at radius 2 is 2.07 bits per heavy atom. The van der Waals surface area contributed by atoms with E-state index < -0.39 is 0 Å². The average Bonchev–Trinajstić information content (AvgIpc) is 3.24.